The Labute approximate surface area is 116 Å². The predicted molar refractivity (Wildman–Crippen MR) is 70.1 cm³/mol. The molecule has 0 radical (unpaired) electrons. The Kier molecular flexibility index (Phi) is 5.05. The average Bonchev–Trinajstić information content (AvgIpc) is 2.29. The van der Waals surface area contributed by atoms with Crippen molar-refractivity contribution in [1.82, 2.24) is 5.32 Å². The van der Waals surface area contributed by atoms with Crippen LogP contribution >= 0.6 is 0 Å². The summed E-state index contributed by atoms with van der Waals surface area (Å²) in [6, 6.07) is 2.37. The topological polar surface area (TPSA) is 58.6 Å². The van der Waals surface area contributed by atoms with Gasteiger partial charge < -0.3 is 15.2 Å². The quantitative estimate of drug-likeness (QED) is 0.898. The molecule has 2 atom stereocenters. The van der Waals surface area contributed by atoms with Gasteiger partial charge in [-0.1, -0.05) is 6.07 Å². The van der Waals surface area contributed by atoms with Gasteiger partial charge in [0.15, 0.2) is 11.6 Å². The molecule has 0 spiro atoms. The highest BCUT2D eigenvalue weighted by atomic mass is 19.2. The van der Waals surface area contributed by atoms with Crippen LogP contribution in [0.15, 0.2) is 18.2 Å². The van der Waals surface area contributed by atoms with E-state index in [0.717, 1.165) is 12.1 Å². The van der Waals surface area contributed by atoms with Crippen molar-refractivity contribution >= 4 is 6.09 Å². The molecule has 1 rings (SSSR count). The molecule has 1 aromatic carbocycles. The summed E-state index contributed by atoms with van der Waals surface area (Å²) < 4.78 is 30.9. The molecule has 0 saturated heterocycles. The second-order valence-corrected chi connectivity index (χ2v) is 5.55. The van der Waals surface area contributed by atoms with Crippen molar-refractivity contribution in [1.29, 1.82) is 0 Å². The highest BCUT2D eigenvalue weighted by Gasteiger charge is 2.23. The Balaban J connectivity index is 2.69. The summed E-state index contributed by atoms with van der Waals surface area (Å²) >= 11 is 0. The third-order valence-corrected chi connectivity index (χ3v) is 2.50. The summed E-state index contributed by atoms with van der Waals surface area (Å²) in [4.78, 5) is 11.5. The van der Waals surface area contributed by atoms with Gasteiger partial charge in [-0.2, -0.15) is 0 Å². The van der Waals surface area contributed by atoms with E-state index in [1.807, 2.05) is 0 Å². The monoisotopic (exact) mass is 287 g/mol. The first kappa shape index (κ1) is 16.4. The van der Waals surface area contributed by atoms with Crippen molar-refractivity contribution in [3.05, 3.63) is 35.4 Å². The molecule has 1 aromatic rings. The Hall–Kier alpha value is -1.69. The minimum Gasteiger partial charge on any atom is -0.444 e. The molecule has 2 N–H and O–H groups in total. The second-order valence-electron chi connectivity index (χ2n) is 5.55. The number of amides is 1. The lowest BCUT2D eigenvalue weighted by atomic mass is 10.0. The van der Waals surface area contributed by atoms with Crippen molar-refractivity contribution in [2.75, 3.05) is 0 Å². The van der Waals surface area contributed by atoms with Crippen LogP contribution in [0.2, 0.25) is 0 Å². The van der Waals surface area contributed by atoms with Crippen LogP contribution in [0.5, 0.6) is 0 Å². The van der Waals surface area contributed by atoms with Gasteiger partial charge in [0.05, 0.1) is 12.1 Å². The third-order valence-electron chi connectivity index (χ3n) is 2.50. The molecule has 0 bridgehead atoms. The molecule has 0 saturated carbocycles. The number of rotatable bonds is 3. The normalized spacial score (nSPS) is 14.6. The second kappa shape index (κ2) is 6.17. The van der Waals surface area contributed by atoms with Crippen LogP contribution in [0.3, 0.4) is 0 Å². The van der Waals surface area contributed by atoms with Gasteiger partial charge >= 0.3 is 6.09 Å². The summed E-state index contributed by atoms with van der Waals surface area (Å²) in [5, 5.41) is 12.4. The standard InChI is InChI=1S/C14H19F2NO3/c1-8(17-13(19)20-14(2,3)4)12(18)9-5-6-10(15)11(16)7-9/h5-8,12,18H,1-4H3,(H,17,19)/t8-,12+/m1/s1. The molecule has 4 nitrogen and oxygen atoms in total. The zero-order valence-electron chi connectivity index (χ0n) is 11.9. The smallest absolute Gasteiger partial charge is 0.407 e. The molecule has 0 aliphatic carbocycles. The SMILES string of the molecule is C[C@@H](NC(=O)OC(C)(C)C)[C@H](O)c1ccc(F)c(F)c1. The van der Waals surface area contributed by atoms with Gasteiger partial charge in [-0.15, -0.1) is 0 Å². The summed E-state index contributed by atoms with van der Waals surface area (Å²) in [5.74, 6) is -2.04. The first-order valence-electron chi connectivity index (χ1n) is 6.22. The molecular weight excluding hydrogens is 268 g/mol. The van der Waals surface area contributed by atoms with E-state index >= 15 is 0 Å². The van der Waals surface area contributed by atoms with Crippen LogP contribution < -0.4 is 5.32 Å². The summed E-state index contributed by atoms with van der Waals surface area (Å²) in [6.07, 6.45) is -1.86. The van der Waals surface area contributed by atoms with Gasteiger partial charge in [-0.25, -0.2) is 13.6 Å². The number of hydrogen-bond donors (Lipinski definition) is 2. The Morgan fingerprint density at radius 1 is 1.30 bits per heavy atom. The molecule has 0 aromatic heterocycles. The number of hydrogen-bond acceptors (Lipinski definition) is 3. The van der Waals surface area contributed by atoms with Crippen LogP contribution in [0.1, 0.15) is 39.4 Å². The first-order chi connectivity index (χ1) is 9.10. The van der Waals surface area contributed by atoms with E-state index in [9.17, 15) is 18.7 Å². The summed E-state index contributed by atoms with van der Waals surface area (Å²) in [7, 11) is 0. The van der Waals surface area contributed by atoms with E-state index in [1.54, 1.807) is 20.8 Å². The maximum absolute atomic E-state index is 13.1. The van der Waals surface area contributed by atoms with E-state index in [1.165, 1.54) is 13.0 Å². The number of ether oxygens (including phenoxy) is 1. The Bertz CT molecular complexity index is 486. The lowest BCUT2D eigenvalue weighted by molar-refractivity contribution is 0.0435. The summed E-state index contributed by atoms with van der Waals surface area (Å²) in [5.41, 5.74) is -0.482. The lowest BCUT2D eigenvalue weighted by Gasteiger charge is -2.24. The number of aliphatic hydroxyl groups is 1. The molecule has 20 heavy (non-hydrogen) atoms. The predicted octanol–water partition coefficient (Wildman–Crippen LogP) is 2.91. The van der Waals surface area contributed by atoms with E-state index in [0.29, 0.717) is 0 Å². The van der Waals surface area contributed by atoms with Crippen LogP contribution in [0, 0.1) is 11.6 Å². The molecule has 0 fully saturated rings. The minimum absolute atomic E-state index is 0.174. The number of nitrogens with one attached hydrogen (secondary N) is 1. The van der Waals surface area contributed by atoms with Crippen molar-refractivity contribution in [3.8, 4) is 0 Å². The zero-order chi connectivity index (χ0) is 15.5. The van der Waals surface area contributed by atoms with Crippen LogP contribution in [-0.2, 0) is 4.74 Å². The van der Waals surface area contributed by atoms with E-state index < -0.39 is 35.5 Å². The highest BCUT2D eigenvalue weighted by molar-refractivity contribution is 5.68. The maximum atomic E-state index is 13.1. The van der Waals surface area contributed by atoms with Gasteiger partial charge in [0.2, 0.25) is 0 Å². The van der Waals surface area contributed by atoms with Crippen LogP contribution in [0.4, 0.5) is 13.6 Å². The molecule has 0 heterocycles. The van der Waals surface area contributed by atoms with Crippen LogP contribution in [-0.4, -0.2) is 22.8 Å². The maximum Gasteiger partial charge on any atom is 0.407 e. The van der Waals surface area contributed by atoms with Crippen LogP contribution in [0.25, 0.3) is 0 Å². The molecule has 0 unspecified atom stereocenters. The number of carbonyl (C=O) groups excluding carboxylic acids is 1. The Morgan fingerprint density at radius 2 is 1.90 bits per heavy atom. The van der Waals surface area contributed by atoms with Crippen molar-refractivity contribution in [2.45, 2.75) is 45.4 Å². The fourth-order valence-corrected chi connectivity index (χ4v) is 1.56. The zero-order valence-corrected chi connectivity index (χ0v) is 11.9. The third kappa shape index (κ3) is 4.77. The number of aliphatic hydroxyl groups excluding tert-OH is 1. The average molecular weight is 287 g/mol. The molecule has 1 amide bonds. The molecule has 0 aliphatic heterocycles. The van der Waals surface area contributed by atoms with Gasteiger partial charge in [-0.3, -0.25) is 0 Å². The van der Waals surface area contributed by atoms with E-state index in [4.69, 9.17) is 4.74 Å². The molecule has 112 valence electrons. The number of carbonyl (C=O) groups is 1. The number of benzene rings is 1. The Morgan fingerprint density at radius 3 is 2.40 bits per heavy atom. The van der Waals surface area contributed by atoms with Crippen molar-refractivity contribution < 1.29 is 23.4 Å². The molecule has 0 aliphatic rings. The van der Waals surface area contributed by atoms with Gasteiger partial charge in [0, 0.05) is 0 Å². The minimum atomic E-state index is -1.17. The summed E-state index contributed by atoms with van der Waals surface area (Å²) in [6.45, 7) is 6.67. The van der Waals surface area contributed by atoms with Gasteiger partial charge in [0.1, 0.15) is 5.60 Å². The fourth-order valence-electron chi connectivity index (χ4n) is 1.56. The molecular formula is C14H19F2NO3. The van der Waals surface area contributed by atoms with E-state index in [2.05, 4.69) is 5.32 Å². The largest absolute Gasteiger partial charge is 0.444 e. The lowest BCUT2D eigenvalue weighted by Crippen LogP contribution is -2.40. The number of halogens is 2. The van der Waals surface area contributed by atoms with Gasteiger partial charge in [0.25, 0.3) is 0 Å². The molecule has 6 heteroatoms. The first-order valence-corrected chi connectivity index (χ1v) is 6.22. The van der Waals surface area contributed by atoms with E-state index in [-0.39, 0.29) is 5.56 Å². The fraction of sp³-hybridized carbons (Fsp3) is 0.500. The number of alkyl carbamates (subject to hydrolysis) is 1. The highest BCUT2D eigenvalue weighted by Crippen LogP contribution is 2.19. The van der Waals surface area contributed by atoms with Gasteiger partial charge in [-0.05, 0) is 45.4 Å². The van der Waals surface area contributed by atoms with Crippen molar-refractivity contribution in [2.24, 2.45) is 0 Å². The van der Waals surface area contributed by atoms with Crippen molar-refractivity contribution in [3.63, 3.8) is 0 Å².